The molecule has 3 N–H and O–H groups in total. The van der Waals surface area contributed by atoms with E-state index in [1.165, 1.54) is 0 Å². The molecule has 0 bridgehead atoms. The molecule has 0 radical (unpaired) electrons. The summed E-state index contributed by atoms with van der Waals surface area (Å²) in [5.41, 5.74) is 9.39. The second kappa shape index (κ2) is 6.00. The first-order valence-corrected chi connectivity index (χ1v) is 6.28. The summed E-state index contributed by atoms with van der Waals surface area (Å²) in [7, 11) is 1.86. The zero-order chi connectivity index (χ0) is 13.7. The summed E-state index contributed by atoms with van der Waals surface area (Å²) in [6, 6.07) is 7.77. The van der Waals surface area contributed by atoms with Gasteiger partial charge in [-0.2, -0.15) is 0 Å². The van der Waals surface area contributed by atoms with Gasteiger partial charge in [0.25, 0.3) is 0 Å². The summed E-state index contributed by atoms with van der Waals surface area (Å²) in [6.45, 7) is 2.75. The van der Waals surface area contributed by atoms with Crippen molar-refractivity contribution >= 4 is 22.3 Å². The highest BCUT2D eigenvalue weighted by molar-refractivity contribution is 6.10. The van der Waals surface area contributed by atoms with Crippen molar-refractivity contribution in [2.24, 2.45) is 4.99 Å². The molecule has 2 aromatic rings. The minimum absolute atomic E-state index is 0.734. The van der Waals surface area contributed by atoms with E-state index in [-0.39, 0.29) is 0 Å². The maximum Gasteiger partial charge on any atom is 0.0703 e. The van der Waals surface area contributed by atoms with E-state index in [9.17, 15) is 0 Å². The number of benzene rings is 1. The van der Waals surface area contributed by atoms with Gasteiger partial charge in [0.05, 0.1) is 11.2 Å². The minimum Gasteiger partial charge on any atom is -0.399 e. The molecule has 0 spiro atoms. The van der Waals surface area contributed by atoms with E-state index in [0.717, 1.165) is 34.4 Å². The first-order valence-electron chi connectivity index (χ1n) is 6.28. The minimum atomic E-state index is 0.734. The van der Waals surface area contributed by atoms with Crippen LogP contribution in [0.3, 0.4) is 0 Å². The Kier molecular flexibility index (Phi) is 4.13. The third-order valence-corrected chi connectivity index (χ3v) is 2.74. The molecular formula is C15H18N4. The summed E-state index contributed by atoms with van der Waals surface area (Å²) in [6.07, 6.45) is 5.64. The van der Waals surface area contributed by atoms with Gasteiger partial charge < -0.3 is 11.1 Å². The summed E-state index contributed by atoms with van der Waals surface area (Å²) in [5, 5.41) is 4.00. The molecule has 0 unspecified atom stereocenters. The number of hydrogen-bond acceptors (Lipinski definition) is 4. The summed E-state index contributed by atoms with van der Waals surface area (Å²) in [5.74, 6) is 0. The molecule has 1 aromatic heterocycles. The number of allylic oxidation sites excluding steroid dienone is 1. The zero-order valence-corrected chi connectivity index (χ0v) is 11.2. The van der Waals surface area contributed by atoms with Gasteiger partial charge in [0.2, 0.25) is 0 Å². The number of pyridine rings is 1. The smallest absolute Gasteiger partial charge is 0.0703 e. The third-order valence-electron chi connectivity index (χ3n) is 2.74. The van der Waals surface area contributed by atoms with Gasteiger partial charge in [-0.15, -0.1) is 0 Å². The van der Waals surface area contributed by atoms with E-state index in [1.54, 1.807) is 0 Å². The van der Waals surface area contributed by atoms with Gasteiger partial charge in [-0.3, -0.25) is 9.98 Å². The van der Waals surface area contributed by atoms with Crippen molar-refractivity contribution in [1.29, 1.82) is 0 Å². The Bertz CT molecular complexity index is 629. The summed E-state index contributed by atoms with van der Waals surface area (Å²) in [4.78, 5) is 8.92. The van der Waals surface area contributed by atoms with Crippen molar-refractivity contribution in [2.45, 2.75) is 6.92 Å². The van der Waals surface area contributed by atoms with E-state index in [2.05, 4.69) is 21.4 Å². The second-order valence-electron chi connectivity index (χ2n) is 4.16. The Hall–Kier alpha value is -2.36. The van der Waals surface area contributed by atoms with E-state index in [0.29, 0.717) is 0 Å². The molecule has 1 heterocycles. The SMILES string of the molecule is CC/N=C(\C=C/NC)c1cnc2ccc(N)cc2c1. The standard InChI is InChI=1S/C15H18N4/c1-3-18-15(6-7-17-2)12-8-11-9-13(16)4-5-14(11)19-10-12/h4-10,17H,3,16H2,1-2H3/b7-6-,18-15+. The molecular weight excluding hydrogens is 236 g/mol. The van der Waals surface area contributed by atoms with Crippen molar-refractivity contribution in [3.8, 4) is 0 Å². The normalized spacial score (nSPS) is 12.2. The number of aromatic nitrogens is 1. The summed E-state index contributed by atoms with van der Waals surface area (Å²) >= 11 is 0. The fourth-order valence-electron chi connectivity index (χ4n) is 1.86. The molecule has 0 amide bonds. The van der Waals surface area contributed by atoms with Crippen LogP contribution in [0.1, 0.15) is 12.5 Å². The lowest BCUT2D eigenvalue weighted by Crippen LogP contribution is -2.02. The van der Waals surface area contributed by atoms with Crippen molar-refractivity contribution in [2.75, 3.05) is 19.3 Å². The maximum absolute atomic E-state index is 5.81. The number of anilines is 1. The second-order valence-corrected chi connectivity index (χ2v) is 4.16. The Morgan fingerprint density at radius 1 is 1.42 bits per heavy atom. The van der Waals surface area contributed by atoms with Gasteiger partial charge in [-0.1, -0.05) is 0 Å². The van der Waals surface area contributed by atoms with Crippen LogP contribution < -0.4 is 11.1 Å². The van der Waals surface area contributed by atoms with Crippen molar-refractivity contribution < 1.29 is 0 Å². The first-order chi connectivity index (χ1) is 9.24. The number of aliphatic imine (C=N–C) groups is 1. The lowest BCUT2D eigenvalue weighted by Gasteiger charge is -2.04. The number of fused-ring (bicyclic) bond motifs is 1. The molecule has 4 nitrogen and oxygen atoms in total. The number of nitrogens with zero attached hydrogens (tertiary/aromatic N) is 2. The Labute approximate surface area is 113 Å². The molecule has 0 aliphatic rings. The van der Waals surface area contributed by atoms with E-state index < -0.39 is 0 Å². The van der Waals surface area contributed by atoms with Gasteiger partial charge in [-0.05, 0) is 43.5 Å². The average Bonchev–Trinajstić information content (AvgIpc) is 2.42. The van der Waals surface area contributed by atoms with Crippen LogP contribution in [0, 0.1) is 0 Å². The Balaban J connectivity index is 2.48. The largest absolute Gasteiger partial charge is 0.399 e. The van der Waals surface area contributed by atoms with Gasteiger partial charge >= 0.3 is 0 Å². The quantitative estimate of drug-likeness (QED) is 0.650. The highest BCUT2D eigenvalue weighted by atomic mass is 14.8. The maximum atomic E-state index is 5.81. The first kappa shape index (κ1) is 13.1. The number of nitrogen functional groups attached to an aromatic ring is 1. The lowest BCUT2D eigenvalue weighted by atomic mass is 10.1. The molecule has 1 aromatic carbocycles. The Morgan fingerprint density at radius 3 is 3.00 bits per heavy atom. The molecule has 4 heteroatoms. The van der Waals surface area contributed by atoms with Gasteiger partial charge in [0.15, 0.2) is 0 Å². The molecule has 0 aliphatic heterocycles. The highest BCUT2D eigenvalue weighted by Gasteiger charge is 2.03. The van der Waals surface area contributed by atoms with Crippen LogP contribution in [0.15, 0.2) is 47.7 Å². The van der Waals surface area contributed by atoms with E-state index in [1.807, 2.05) is 50.6 Å². The van der Waals surface area contributed by atoms with Crippen LogP contribution in [0.2, 0.25) is 0 Å². The van der Waals surface area contributed by atoms with Crippen LogP contribution in [0.25, 0.3) is 10.9 Å². The fraction of sp³-hybridized carbons (Fsp3) is 0.200. The number of nitrogens with one attached hydrogen (secondary N) is 1. The van der Waals surface area contributed by atoms with Crippen LogP contribution in [-0.2, 0) is 0 Å². The predicted octanol–water partition coefficient (Wildman–Crippen LogP) is 2.36. The van der Waals surface area contributed by atoms with E-state index >= 15 is 0 Å². The zero-order valence-electron chi connectivity index (χ0n) is 11.2. The monoisotopic (exact) mass is 254 g/mol. The average molecular weight is 254 g/mol. The van der Waals surface area contributed by atoms with Gasteiger partial charge in [0, 0.05) is 36.4 Å². The van der Waals surface area contributed by atoms with E-state index in [4.69, 9.17) is 5.73 Å². The topological polar surface area (TPSA) is 63.3 Å². The molecule has 0 aliphatic carbocycles. The molecule has 19 heavy (non-hydrogen) atoms. The van der Waals surface area contributed by atoms with Crippen LogP contribution in [-0.4, -0.2) is 24.3 Å². The highest BCUT2D eigenvalue weighted by Crippen LogP contribution is 2.17. The van der Waals surface area contributed by atoms with Crippen LogP contribution in [0.5, 0.6) is 0 Å². The van der Waals surface area contributed by atoms with Crippen LogP contribution >= 0.6 is 0 Å². The third kappa shape index (κ3) is 3.10. The molecule has 0 saturated carbocycles. The van der Waals surface area contributed by atoms with Crippen molar-refractivity contribution in [1.82, 2.24) is 10.3 Å². The van der Waals surface area contributed by atoms with Crippen LogP contribution in [0.4, 0.5) is 5.69 Å². The predicted molar refractivity (Wildman–Crippen MR) is 81.4 cm³/mol. The molecule has 0 saturated heterocycles. The number of hydrogen-bond donors (Lipinski definition) is 2. The Morgan fingerprint density at radius 2 is 2.26 bits per heavy atom. The fourth-order valence-corrected chi connectivity index (χ4v) is 1.86. The molecule has 98 valence electrons. The number of nitrogens with two attached hydrogens (primary N) is 1. The molecule has 0 fully saturated rings. The lowest BCUT2D eigenvalue weighted by molar-refractivity contribution is 1.10. The van der Waals surface area contributed by atoms with Crippen molar-refractivity contribution in [3.05, 3.63) is 48.3 Å². The van der Waals surface area contributed by atoms with Crippen molar-refractivity contribution in [3.63, 3.8) is 0 Å². The summed E-state index contributed by atoms with van der Waals surface area (Å²) < 4.78 is 0. The van der Waals surface area contributed by atoms with Gasteiger partial charge in [0.1, 0.15) is 0 Å². The van der Waals surface area contributed by atoms with Gasteiger partial charge in [-0.25, -0.2) is 0 Å². The molecule has 2 rings (SSSR count). The number of rotatable bonds is 4. The molecule has 0 atom stereocenters.